The van der Waals surface area contributed by atoms with Gasteiger partial charge in [0, 0.05) is 27.3 Å². The number of methoxy groups -OCH3 is 1. The van der Waals surface area contributed by atoms with E-state index in [0.717, 1.165) is 19.3 Å². The Morgan fingerprint density at radius 3 is 2.76 bits per heavy atom. The van der Waals surface area contributed by atoms with E-state index in [0.29, 0.717) is 25.5 Å². The molecule has 0 aromatic rings. The Labute approximate surface area is 103 Å². The summed E-state index contributed by atoms with van der Waals surface area (Å²) in [5.41, 5.74) is 5.83. The van der Waals surface area contributed by atoms with Crippen molar-refractivity contribution in [3.8, 4) is 0 Å². The first kappa shape index (κ1) is 14.4. The van der Waals surface area contributed by atoms with E-state index in [9.17, 15) is 9.90 Å². The van der Waals surface area contributed by atoms with Crippen LogP contribution in [0.5, 0.6) is 0 Å². The summed E-state index contributed by atoms with van der Waals surface area (Å²) in [7, 11) is 3.42. The summed E-state index contributed by atoms with van der Waals surface area (Å²) in [5.74, 6) is 0.424. The molecule has 1 aliphatic rings. The number of amides is 1. The van der Waals surface area contributed by atoms with E-state index in [1.807, 2.05) is 0 Å². The summed E-state index contributed by atoms with van der Waals surface area (Å²) < 4.78 is 4.93. The molecule has 17 heavy (non-hydrogen) atoms. The zero-order chi connectivity index (χ0) is 12.8. The van der Waals surface area contributed by atoms with Crippen molar-refractivity contribution in [2.45, 2.75) is 37.8 Å². The van der Waals surface area contributed by atoms with Crippen LogP contribution in [0.3, 0.4) is 0 Å². The third kappa shape index (κ3) is 4.61. The third-order valence-electron chi connectivity index (χ3n) is 3.30. The number of nitrogens with two attached hydrogens (primary N) is 1. The summed E-state index contributed by atoms with van der Waals surface area (Å²) in [6.45, 7) is 1.34. The van der Waals surface area contributed by atoms with Crippen molar-refractivity contribution in [2.24, 2.45) is 11.7 Å². The first-order valence-corrected chi connectivity index (χ1v) is 6.22. The van der Waals surface area contributed by atoms with Gasteiger partial charge < -0.3 is 20.5 Å². The van der Waals surface area contributed by atoms with Crippen molar-refractivity contribution < 1.29 is 14.6 Å². The van der Waals surface area contributed by atoms with E-state index in [1.54, 1.807) is 19.1 Å². The molecule has 3 N–H and O–H groups in total. The monoisotopic (exact) mass is 244 g/mol. The van der Waals surface area contributed by atoms with E-state index in [1.165, 1.54) is 0 Å². The molecular formula is C12H24N2O3. The lowest BCUT2D eigenvalue weighted by molar-refractivity contribution is -0.133. The molecule has 0 aromatic carbocycles. The summed E-state index contributed by atoms with van der Waals surface area (Å²) in [6, 6.07) is -0.430. The average molecular weight is 244 g/mol. The number of ether oxygens (including phenoxy) is 1. The van der Waals surface area contributed by atoms with Crippen LogP contribution in [-0.2, 0) is 9.53 Å². The highest BCUT2D eigenvalue weighted by molar-refractivity contribution is 5.81. The SMILES string of the molecule is COCCCC(N)C(=O)N(C)CC1CC(O)C1. The van der Waals surface area contributed by atoms with Crippen LogP contribution in [0.2, 0.25) is 0 Å². The lowest BCUT2D eigenvalue weighted by Gasteiger charge is -2.35. The molecule has 0 aliphatic heterocycles. The average Bonchev–Trinajstić information content (AvgIpc) is 2.26. The van der Waals surface area contributed by atoms with Crippen LogP contribution in [0.4, 0.5) is 0 Å². The molecule has 1 unspecified atom stereocenters. The Bertz CT molecular complexity index is 242. The molecular weight excluding hydrogens is 220 g/mol. The number of nitrogens with zero attached hydrogens (tertiary/aromatic N) is 1. The van der Waals surface area contributed by atoms with Gasteiger partial charge in [0.1, 0.15) is 0 Å². The number of aliphatic hydroxyl groups excluding tert-OH is 1. The van der Waals surface area contributed by atoms with Gasteiger partial charge in [-0.1, -0.05) is 0 Å². The number of carbonyl (C=O) groups is 1. The van der Waals surface area contributed by atoms with E-state index >= 15 is 0 Å². The molecule has 0 aromatic heterocycles. The van der Waals surface area contributed by atoms with Gasteiger partial charge in [0.15, 0.2) is 0 Å². The maximum absolute atomic E-state index is 11.9. The molecule has 1 atom stereocenters. The molecule has 100 valence electrons. The van der Waals surface area contributed by atoms with Crippen molar-refractivity contribution in [1.82, 2.24) is 4.90 Å². The summed E-state index contributed by atoms with van der Waals surface area (Å²) >= 11 is 0. The van der Waals surface area contributed by atoms with Crippen molar-refractivity contribution in [3.63, 3.8) is 0 Å². The molecule has 0 spiro atoms. The number of rotatable bonds is 7. The van der Waals surface area contributed by atoms with Gasteiger partial charge >= 0.3 is 0 Å². The second kappa shape index (κ2) is 6.93. The quantitative estimate of drug-likeness (QED) is 0.617. The van der Waals surface area contributed by atoms with Crippen LogP contribution in [0.15, 0.2) is 0 Å². The number of hydrogen-bond acceptors (Lipinski definition) is 4. The summed E-state index contributed by atoms with van der Waals surface area (Å²) in [6.07, 6.45) is 2.90. The van der Waals surface area contributed by atoms with Gasteiger partial charge in [-0.3, -0.25) is 4.79 Å². The molecule has 1 saturated carbocycles. The lowest BCUT2D eigenvalue weighted by atomic mass is 9.82. The Hall–Kier alpha value is -0.650. The highest BCUT2D eigenvalue weighted by Crippen LogP contribution is 2.27. The van der Waals surface area contributed by atoms with Crippen LogP contribution in [0.1, 0.15) is 25.7 Å². The lowest BCUT2D eigenvalue weighted by Crippen LogP contribution is -2.46. The van der Waals surface area contributed by atoms with Gasteiger partial charge in [0.2, 0.25) is 5.91 Å². The minimum Gasteiger partial charge on any atom is -0.393 e. The van der Waals surface area contributed by atoms with Crippen molar-refractivity contribution in [2.75, 3.05) is 27.3 Å². The Morgan fingerprint density at radius 1 is 1.59 bits per heavy atom. The maximum Gasteiger partial charge on any atom is 0.239 e. The first-order valence-electron chi connectivity index (χ1n) is 6.22. The second-order valence-corrected chi connectivity index (χ2v) is 4.95. The number of aliphatic hydroxyl groups is 1. The van der Waals surface area contributed by atoms with Gasteiger partial charge in [0.25, 0.3) is 0 Å². The molecule has 1 aliphatic carbocycles. The standard InChI is InChI=1S/C12H24N2O3/c1-14(8-9-6-10(15)7-9)12(16)11(13)4-3-5-17-2/h9-11,15H,3-8,13H2,1-2H3. The molecule has 1 fully saturated rings. The van der Waals surface area contributed by atoms with Gasteiger partial charge in [-0.25, -0.2) is 0 Å². The highest BCUT2D eigenvalue weighted by atomic mass is 16.5. The Kier molecular flexibility index (Phi) is 5.88. The van der Waals surface area contributed by atoms with Crippen LogP contribution < -0.4 is 5.73 Å². The smallest absolute Gasteiger partial charge is 0.239 e. The minimum atomic E-state index is -0.430. The van der Waals surface area contributed by atoms with Gasteiger partial charge in [-0.2, -0.15) is 0 Å². The van der Waals surface area contributed by atoms with Crippen LogP contribution in [0, 0.1) is 5.92 Å². The zero-order valence-electron chi connectivity index (χ0n) is 10.8. The molecule has 0 heterocycles. The summed E-state index contributed by atoms with van der Waals surface area (Å²) in [4.78, 5) is 13.6. The van der Waals surface area contributed by atoms with E-state index in [2.05, 4.69) is 0 Å². The fourth-order valence-electron chi connectivity index (χ4n) is 2.18. The number of likely N-dealkylation sites (N-methyl/N-ethyl adjacent to an activating group) is 1. The molecule has 0 saturated heterocycles. The van der Waals surface area contributed by atoms with Crippen molar-refractivity contribution >= 4 is 5.91 Å². The molecule has 5 heteroatoms. The Balaban J connectivity index is 2.20. The zero-order valence-corrected chi connectivity index (χ0v) is 10.8. The second-order valence-electron chi connectivity index (χ2n) is 4.95. The fourth-order valence-corrected chi connectivity index (χ4v) is 2.18. The van der Waals surface area contributed by atoms with Crippen molar-refractivity contribution in [3.05, 3.63) is 0 Å². The fraction of sp³-hybridized carbons (Fsp3) is 0.917. The normalized spacial score (nSPS) is 25.2. The van der Waals surface area contributed by atoms with Crippen molar-refractivity contribution in [1.29, 1.82) is 0 Å². The van der Waals surface area contributed by atoms with E-state index in [4.69, 9.17) is 10.5 Å². The van der Waals surface area contributed by atoms with Gasteiger partial charge in [-0.05, 0) is 31.6 Å². The van der Waals surface area contributed by atoms with E-state index < -0.39 is 6.04 Å². The predicted molar refractivity (Wildman–Crippen MR) is 65.5 cm³/mol. The molecule has 0 bridgehead atoms. The van der Waals surface area contributed by atoms with Crippen LogP contribution in [-0.4, -0.2) is 55.4 Å². The number of carbonyl (C=O) groups excluding carboxylic acids is 1. The third-order valence-corrected chi connectivity index (χ3v) is 3.30. The van der Waals surface area contributed by atoms with Crippen LogP contribution in [0.25, 0.3) is 0 Å². The minimum absolute atomic E-state index is 0.0116. The molecule has 0 radical (unpaired) electrons. The predicted octanol–water partition coefficient (Wildman–Crippen LogP) is -0.0304. The van der Waals surface area contributed by atoms with E-state index in [-0.39, 0.29) is 12.0 Å². The molecule has 1 amide bonds. The van der Waals surface area contributed by atoms with Crippen LogP contribution >= 0.6 is 0 Å². The molecule has 5 nitrogen and oxygen atoms in total. The Morgan fingerprint density at radius 2 is 2.24 bits per heavy atom. The largest absolute Gasteiger partial charge is 0.393 e. The maximum atomic E-state index is 11.9. The molecule has 1 rings (SSSR count). The topological polar surface area (TPSA) is 75.8 Å². The van der Waals surface area contributed by atoms with Gasteiger partial charge in [-0.15, -0.1) is 0 Å². The van der Waals surface area contributed by atoms with Gasteiger partial charge in [0.05, 0.1) is 12.1 Å². The number of hydrogen-bond donors (Lipinski definition) is 2. The summed E-state index contributed by atoms with van der Waals surface area (Å²) in [5, 5.41) is 9.18. The first-order chi connectivity index (χ1) is 8.04. The highest BCUT2D eigenvalue weighted by Gasteiger charge is 2.30.